The van der Waals surface area contributed by atoms with Gasteiger partial charge in [0.15, 0.2) is 0 Å². The van der Waals surface area contributed by atoms with Crippen molar-refractivity contribution in [3.63, 3.8) is 0 Å². The van der Waals surface area contributed by atoms with Crippen molar-refractivity contribution in [3.8, 4) is 0 Å². The molecule has 2 aromatic carbocycles. The zero-order valence-electron chi connectivity index (χ0n) is 21.3. The van der Waals surface area contributed by atoms with E-state index >= 15 is 0 Å². The number of fused-ring (bicyclic) bond motifs is 2. The lowest BCUT2D eigenvalue weighted by Crippen LogP contribution is -2.55. The quantitative estimate of drug-likeness (QED) is 0.520. The summed E-state index contributed by atoms with van der Waals surface area (Å²) in [5.74, 6) is -1.25. The van der Waals surface area contributed by atoms with Gasteiger partial charge >= 0.3 is 5.91 Å². The Morgan fingerprint density at radius 3 is 2.39 bits per heavy atom. The highest BCUT2D eigenvalue weighted by Gasteiger charge is 2.56. The van der Waals surface area contributed by atoms with Crippen LogP contribution in [0.25, 0.3) is 0 Å². The number of likely N-dealkylation sites (tertiary alicyclic amines) is 1. The second-order valence-corrected chi connectivity index (χ2v) is 11.9. The van der Waals surface area contributed by atoms with Crippen LogP contribution in [0.2, 0.25) is 0 Å². The maximum Gasteiger partial charge on any atom is 0.311 e. The number of nitrogens with one attached hydrogen (secondary N) is 1. The summed E-state index contributed by atoms with van der Waals surface area (Å²) in [5, 5.41) is 2.79. The Labute approximate surface area is 220 Å². The van der Waals surface area contributed by atoms with Gasteiger partial charge in [-0.3, -0.25) is 13.9 Å². The summed E-state index contributed by atoms with van der Waals surface area (Å²) in [6.07, 6.45) is 3.78. The molecule has 1 aromatic heterocycles. The smallest absolute Gasteiger partial charge is 0.311 e. The summed E-state index contributed by atoms with van der Waals surface area (Å²) in [5.41, 5.74) is 1.17. The molecule has 1 saturated heterocycles. The number of hydrogen-bond acceptors (Lipinski definition) is 6. The van der Waals surface area contributed by atoms with E-state index in [1.54, 1.807) is 17.0 Å². The van der Waals surface area contributed by atoms with Crippen LogP contribution >= 0.6 is 0 Å². The first-order valence-corrected chi connectivity index (χ1v) is 13.9. The minimum atomic E-state index is -4.07. The van der Waals surface area contributed by atoms with E-state index in [4.69, 9.17) is 4.42 Å². The summed E-state index contributed by atoms with van der Waals surface area (Å²) in [4.78, 5) is 30.4. The molecule has 5 rings (SSSR count). The summed E-state index contributed by atoms with van der Waals surface area (Å²) in [6.45, 7) is 6.45. The molecule has 0 aliphatic carbocycles. The molecule has 2 aliphatic rings. The summed E-state index contributed by atoms with van der Waals surface area (Å²) in [6, 6.07) is 9.52. The third-order valence-electron chi connectivity index (χ3n) is 7.58. The first-order chi connectivity index (χ1) is 18.0. The van der Waals surface area contributed by atoms with Crippen LogP contribution in [0, 0.1) is 11.7 Å². The Hall–Kier alpha value is -3.73. The molecule has 9 nitrogen and oxygen atoms in total. The van der Waals surface area contributed by atoms with E-state index < -0.39 is 33.2 Å². The van der Waals surface area contributed by atoms with Gasteiger partial charge in [-0.1, -0.05) is 13.8 Å². The number of carbonyl (C=O) groups is 2. The molecular formula is C27H29FN4O5S. The molecule has 0 radical (unpaired) electrons. The Morgan fingerprint density at radius 1 is 1.13 bits per heavy atom. The highest BCUT2D eigenvalue weighted by atomic mass is 32.2. The molecule has 2 amide bonds. The van der Waals surface area contributed by atoms with Crippen molar-refractivity contribution in [3.05, 3.63) is 72.2 Å². The SMILES string of the molecule is CC(=O)N1CCC2(CC1)c1cc(NC(=O)c3ncco3)ccc1N(S(=O)(=O)c1ccc(F)cc1)C2C(C)C. The minimum absolute atomic E-state index is 0.00463. The van der Waals surface area contributed by atoms with Gasteiger partial charge < -0.3 is 14.6 Å². The number of oxazole rings is 1. The molecule has 38 heavy (non-hydrogen) atoms. The fourth-order valence-electron chi connectivity index (χ4n) is 5.95. The first kappa shape index (κ1) is 25.9. The molecule has 3 aromatic rings. The molecule has 1 N–H and O–H groups in total. The van der Waals surface area contributed by atoms with Crippen LogP contribution in [0.1, 0.15) is 49.9 Å². The van der Waals surface area contributed by atoms with E-state index in [0.717, 1.165) is 17.7 Å². The molecule has 200 valence electrons. The van der Waals surface area contributed by atoms with Gasteiger partial charge in [0.2, 0.25) is 5.91 Å². The van der Waals surface area contributed by atoms with Crippen LogP contribution in [-0.2, 0) is 20.2 Å². The number of rotatable bonds is 5. The van der Waals surface area contributed by atoms with Crippen molar-refractivity contribution < 1.29 is 26.8 Å². The number of sulfonamides is 1. The van der Waals surface area contributed by atoms with Crippen LogP contribution in [-0.4, -0.2) is 49.2 Å². The fraction of sp³-hybridized carbons (Fsp3) is 0.370. The number of hydrogen-bond donors (Lipinski definition) is 1. The molecule has 1 atom stereocenters. The van der Waals surface area contributed by atoms with Gasteiger partial charge in [0.25, 0.3) is 15.9 Å². The second kappa shape index (κ2) is 9.54. The third kappa shape index (κ3) is 4.24. The minimum Gasteiger partial charge on any atom is -0.441 e. The molecular weight excluding hydrogens is 511 g/mol. The van der Waals surface area contributed by atoms with Crippen molar-refractivity contribution in [1.29, 1.82) is 0 Å². The van der Waals surface area contributed by atoms with Gasteiger partial charge in [0.05, 0.1) is 22.8 Å². The number of amides is 2. The van der Waals surface area contributed by atoms with E-state index in [1.165, 1.54) is 35.8 Å². The van der Waals surface area contributed by atoms with Gasteiger partial charge in [-0.05, 0) is 66.8 Å². The third-order valence-corrected chi connectivity index (χ3v) is 9.39. The number of benzene rings is 2. The molecule has 1 unspecified atom stereocenters. The number of halogens is 1. The molecule has 3 heterocycles. The van der Waals surface area contributed by atoms with Crippen LogP contribution in [0.15, 0.2) is 64.2 Å². The van der Waals surface area contributed by atoms with Gasteiger partial charge in [-0.15, -0.1) is 0 Å². The summed E-state index contributed by atoms with van der Waals surface area (Å²) >= 11 is 0. The predicted octanol–water partition coefficient (Wildman–Crippen LogP) is 4.18. The Bertz CT molecular complexity index is 1460. The van der Waals surface area contributed by atoms with Gasteiger partial charge in [-0.25, -0.2) is 17.8 Å². The molecule has 0 bridgehead atoms. The zero-order valence-corrected chi connectivity index (χ0v) is 22.2. The van der Waals surface area contributed by atoms with Crippen molar-refractivity contribution >= 4 is 33.2 Å². The molecule has 2 aliphatic heterocycles. The van der Waals surface area contributed by atoms with Crippen molar-refractivity contribution in [2.45, 2.75) is 50.0 Å². The number of piperidine rings is 1. The topological polar surface area (TPSA) is 113 Å². The number of anilines is 2. The molecule has 0 saturated carbocycles. The van der Waals surface area contributed by atoms with E-state index in [-0.39, 0.29) is 22.6 Å². The average Bonchev–Trinajstić information content (AvgIpc) is 3.51. The predicted molar refractivity (Wildman–Crippen MR) is 139 cm³/mol. The number of nitrogens with zero attached hydrogens (tertiary/aromatic N) is 3. The highest BCUT2D eigenvalue weighted by molar-refractivity contribution is 7.92. The molecule has 1 spiro atoms. The Balaban J connectivity index is 1.64. The number of aromatic nitrogens is 1. The lowest BCUT2D eigenvalue weighted by molar-refractivity contribution is -0.130. The maximum absolute atomic E-state index is 14.1. The van der Waals surface area contributed by atoms with Crippen LogP contribution < -0.4 is 9.62 Å². The lowest BCUT2D eigenvalue weighted by Gasteiger charge is -2.46. The largest absolute Gasteiger partial charge is 0.441 e. The number of carbonyl (C=O) groups excluding carboxylic acids is 2. The molecule has 11 heteroatoms. The van der Waals surface area contributed by atoms with E-state index in [9.17, 15) is 22.4 Å². The second-order valence-electron chi connectivity index (χ2n) is 10.1. The van der Waals surface area contributed by atoms with Crippen LogP contribution in [0.5, 0.6) is 0 Å². The normalized spacial score (nSPS) is 18.6. The summed E-state index contributed by atoms with van der Waals surface area (Å²) < 4.78 is 48.4. The van der Waals surface area contributed by atoms with Crippen molar-refractivity contribution in [1.82, 2.24) is 9.88 Å². The van der Waals surface area contributed by atoms with E-state index in [2.05, 4.69) is 10.3 Å². The monoisotopic (exact) mass is 540 g/mol. The zero-order chi connectivity index (χ0) is 27.2. The van der Waals surface area contributed by atoms with E-state index in [1.807, 2.05) is 19.9 Å². The fourth-order valence-corrected chi connectivity index (χ4v) is 7.82. The lowest BCUT2D eigenvalue weighted by atomic mass is 9.66. The van der Waals surface area contributed by atoms with Crippen LogP contribution in [0.4, 0.5) is 15.8 Å². The van der Waals surface area contributed by atoms with Gasteiger partial charge in [0.1, 0.15) is 12.1 Å². The van der Waals surface area contributed by atoms with Crippen molar-refractivity contribution in [2.75, 3.05) is 22.7 Å². The molecule has 1 fully saturated rings. The summed E-state index contributed by atoms with van der Waals surface area (Å²) in [7, 11) is -4.07. The Kier molecular flexibility index (Phi) is 6.50. The van der Waals surface area contributed by atoms with Gasteiger partial charge in [-0.2, -0.15) is 0 Å². The highest BCUT2D eigenvalue weighted by Crippen LogP contribution is 2.55. The standard InChI is InChI=1S/C27H29FN4O5S/c1-17(2)24-27(10-13-31(14-11-27)18(3)33)22-16-20(30-25(34)26-29-12-15-37-26)6-9-23(22)32(24)38(35,36)21-7-4-19(28)5-8-21/h4-9,12,15-17,24H,10-11,13-14H2,1-3H3,(H,30,34). The van der Waals surface area contributed by atoms with Crippen LogP contribution in [0.3, 0.4) is 0 Å². The maximum atomic E-state index is 14.1. The first-order valence-electron chi connectivity index (χ1n) is 12.5. The van der Waals surface area contributed by atoms with E-state index in [0.29, 0.717) is 37.3 Å². The van der Waals surface area contributed by atoms with Gasteiger partial charge in [0, 0.05) is 31.1 Å². The Morgan fingerprint density at radius 2 is 1.82 bits per heavy atom. The average molecular weight is 541 g/mol. The van der Waals surface area contributed by atoms with Crippen molar-refractivity contribution in [2.24, 2.45) is 5.92 Å².